The van der Waals surface area contributed by atoms with Crippen LogP contribution < -0.4 is 5.32 Å². The second-order valence-electron chi connectivity index (χ2n) is 7.70. The molecule has 11 heteroatoms. The van der Waals surface area contributed by atoms with Crippen molar-refractivity contribution in [1.82, 2.24) is 18.5 Å². The molecule has 0 spiro atoms. The van der Waals surface area contributed by atoms with Crippen LogP contribution in [0, 0.1) is 0 Å². The smallest absolute Gasteiger partial charge is 0.268 e. The number of sulfonamides is 2. The van der Waals surface area contributed by atoms with Gasteiger partial charge in [0.15, 0.2) is 0 Å². The molecule has 32 heavy (non-hydrogen) atoms. The number of aryl methyl sites for hydroxylation is 1. The van der Waals surface area contributed by atoms with E-state index in [-0.39, 0.29) is 28.1 Å². The summed E-state index contributed by atoms with van der Waals surface area (Å²) in [4.78, 5) is 12.9. The lowest BCUT2D eigenvalue weighted by molar-refractivity contribution is 0.0942. The molecule has 178 valence electrons. The highest BCUT2D eigenvalue weighted by Crippen LogP contribution is 2.19. The minimum Gasteiger partial charge on any atom is -0.347 e. The van der Waals surface area contributed by atoms with Crippen molar-refractivity contribution >= 4 is 26.0 Å². The van der Waals surface area contributed by atoms with Gasteiger partial charge >= 0.3 is 0 Å². The normalized spacial score (nSPS) is 12.7. The first-order valence-electron chi connectivity index (χ1n) is 10.4. The van der Waals surface area contributed by atoms with Crippen LogP contribution in [0.5, 0.6) is 0 Å². The molecule has 0 fully saturated rings. The lowest BCUT2D eigenvalue weighted by Gasteiger charge is -2.21. The van der Waals surface area contributed by atoms with Gasteiger partial charge in [0.25, 0.3) is 5.91 Å². The minimum atomic E-state index is -3.66. The van der Waals surface area contributed by atoms with Gasteiger partial charge in [0.1, 0.15) is 10.6 Å². The van der Waals surface area contributed by atoms with Gasteiger partial charge in [-0.3, -0.25) is 4.79 Å². The molecule has 0 bridgehead atoms. The van der Waals surface area contributed by atoms with Gasteiger partial charge in [0.05, 0.1) is 4.90 Å². The Labute approximate surface area is 191 Å². The third-order valence-corrected chi connectivity index (χ3v) is 9.40. The summed E-state index contributed by atoms with van der Waals surface area (Å²) in [5.74, 6) is -0.426. The molecule has 2 rings (SSSR count). The summed E-state index contributed by atoms with van der Waals surface area (Å²) >= 11 is 0. The molecule has 1 N–H and O–H groups in total. The van der Waals surface area contributed by atoms with Gasteiger partial charge in [0, 0.05) is 46.0 Å². The molecular formula is C21H32N4O5S2. The summed E-state index contributed by atoms with van der Waals surface area (Å²) in [5, 5.41) is 2.75. The van der Waals surface area contributed by atoms with Gasteiger partial charge in [-0.1, -0.05) is 26.0 Å². The first kappa shape index (κ1) is 26.0. The van der Waals surface area contributed by atoms with Crippen LogP contribution in [0.15, 0.2) is 46.3 Å². The van der Waals surface area contributed by atoms with Crippen LogP contribution in [0.1, 0.15) is 43.7 Å². The molecule has 1 heterocycles. The number of aromatic nitrogens is 1. The van der Waals surface area contributed by atoms with E-state index >= 15 is 0 Å². The molecule has 9 nitrogen and oxygen atoms in total. The van der Waals surface area contributed by atoms with Crippen LogP contribution >= 0.6 is 0 Å². The summed E-state index contributed by atoms with van der Waals surface area (Å²) in [6.45, 7) is 7.96. The second kappa shape index (κ2) is 10.2. The number of carbonyl (C=O) groups is 1. The summed E-state index contributed by atoms with van der Waals surface area (Å²) in [6.07, 6.45) is 1.42. The van der Waals surface area contributed by atoms with Gasteiger partial charge < -0.3 is 9.88 Å². The van der Waals surface area contributed by atoms with E-state index in [2.05, 4.69) is 5.32 Å². The third-order valence-electron chi connectivity index (χ3n) is 5.34. The minimum absolute atomic E-state index is 0.0673. The molecule has 1 amide bonds. The van der Waals surface area contributed by atoms with Crippen LogP contribution in [0.4, 0.5) is 0 Å². The summed E-state index contributed by atoms with van der Waals surface area (Å²) < 4.78 is 54.6. The van der Waals surface area contributed by atoms with Gasteiger partial charge in [-0.05, 0) is 37.6 Å². The van der Waals surface area contributed by atoms with Crippen molar-refractivity contribution in [3.8, 4) is 0 Å². The predicted octanol–water partition coefficient (Wildman–Crippen LogP) is 2.01. The Morgan fingerprint density at radius 1 is 1.00 bits per heavy atom. The molecular weight excluding hydrogens is 452 g/mol. The van der Waals surface area contributed by atoms with E-state index in [4.69, 9.17) is 0 Å². The van der Waals surface area contributed by atoms with E-state index in [1.54, 1.807) is 46.9 Å². The fraction of sp³-hybridized carbons (Fsp3) is 0.476. The fourth-order valence-corrected chi connectivity index (χ4v) is 6.01. The monoisotopic (exact) mass is 484 g/mol. The van der Waals surface area contributed by atoms with Crippen LogP contribution in [0.2, 0.25) is 0 Å². The van der Waals surface area contributed by atoms with E-state index in [1.807, 2.05) is 0 Å². The maximum atomic E-state index is 12.7. The molecule has 0 saturated heterocycles. The number of hydrogen-bond acceptors (Lipinski definition) is 5. The average Bonchev–Trinajstić information content (AvgIpc) is 3.15. The summed E-state index contributed by atoms with van der Waals surface area (Å²) in [5.41, 5.74) is 0.934. The zero-order valence-corrected chi connectivity index (χ0v) is 21.0. The Hall–Kier alpha value is -2.21. The Balaban J connectivity index is 2.13. The molecule has 0 radical (unpaired) electrons. The first-order valence-corrected chi connectivity index (χ1v) is 13.3. The molecule has 0 atom stereocenters. The summed E-state index contributed by atoms with van der Waals surface area (Å²) in [6, 6.07) is 7.49. The van der Waals surface area contributed by atoms with Gasteiger partial charge in [-0.2, -0.15) is 8.61 Å². The number of rotatable bonds is 10. The van der Waals surface area contributed by atoms with Crippen molar-refractivity contribution in [2.45, 2.75) is 50.1 Å². The summed E-state index contributed by atoms with van der Waals surface area (Å²) in [7, 11) is -4.10. The molecule has 1 aromatic heterocycles. The Kier molecular flexibility index (Phi) is 8.27. The lowest BCUT2D eigenvalue weighted by Crippen LogP contribution is -2.33. The highest BCUT2D eigenvalue weighted by Gasteiger charge is 2.26. The Morgan fingerprint density at radius 3 is 2.06 bits per heavy atom. The molecule has 0 aliphatic heterocycles. The second-order valence-corrected chi connectivity index (χ2v) is 11.6. The molecule has 0 unspecified atom stereocenters. The van der Waals surface area contributed by atoms with E-state index in [0.29, 0.717) is 13.1 Å². The molecule has 0 saturated carbocycles. The highest BCUT2D eigenvalue weighted by molar-refractivity contribution is 7.89. The van der Waals surface area contributed by atoms with Gasteiger partial charge in [0.2, 0.25) is 20.0 Å². The van der Waals surface area contributed by atoms with E-state index in [1.165, 1.54) is 44.6 Å². The van der Waals surface area contributed by atoms with Gasteiger partial charge in [-0.15, -0.1) is 0 Å². The predicted molar refractivity (Wildman–Crippen MR) is 123 cm³/mol. The lowest BCUT2D eigenvalue weighted by atomic mass is 10.2. The highest BCUT2D eigenvalue weighted by atomic mass is 32.2. The number of benzene rings is 1. The van der Waals surface area contributed by atoms with Crippen molar-refractivity contribution in [3.05, 3.63) is 47.8 Å². The number of hydrogen-bond donors (Lipinski definition) is 1. The van der Waals surface area contributed by atoms with Crippen molar-refractivity contribution in [2.75, 3.05) is 20.1 Å². The molecule has 0 aliphatic rings. The zero-order valence-electron chi connectivity index (χ0n) is 19.4. The molecule has 0 aliphatic carbocycles. The van der Waals surface area contributed by atoms with E-state index in [0.717, 1.165) is 5.56 Å². The molecule has 2 aromatic rings. The molecule has 1 aromatic carbocycles. The van der Waals surface area contributed by atoms with Gasteiger partial charge in [-0.25, -0.2) is 16.8 Å². The maximum Gasteiger partial charge on any atom is 0.268 e. The zero-order chi connectivity index (χ0) is 24.3. The van der Waals surface area contributed by atoms with Crippen molar-refractivity contribution in [1.29, 1.82) is 0 Å². The van der Waals surface area contributed by atoms with E-state index < -0.39 is 26.0 Å². The SMILES string of the molecule is CCN(CC)S(=O)(=O)c1cc(C(=O)NCc2ccc(S(=O)(=O)N(C)C(C)C)cc2)n(C)c1. The van der Waals surface area contributed by atoms with Crippen molar-refractivity contribution in [2.24, 2.45) is 7.05 Å². The van der Waals surface area contributed by atoms with Crippen LogP contribution in [0.25, 0.3) is 0 Å². The van der Waals surface area contributed by atoms with Crippen LogP contribution in [-0.4, -0.2) is 62.1 Å². The Bertz CT molecular complexity index is 1150. The fourth-order valence-electron chi connectivity index (χ4n) is 3.11. The van der Waals surface area contributed by atoms with Crippen molar-refractivity contribution < 1.29 is 21.6 Å². The topological polar surface area (TPSA) is 109 Å². The quantitative estimate of drug-likeness (QED) is 0.555. The largest absolute Gasteiger partial charge is 0.347 e. The number of nitrogens with zero attached hydrogens (tertiary/aromatic N) is 3. The number of carbonyl (C=O) groups excluding carboxylic acids is 1. The first-order chi connectivity index (χ1) is 14.9. The number of amides is 1. The standard InChI is InChI=1S/C21H32N4O5S2/c1-7-25(8-2)32(29,30)19-13-20(23(5)15-19)21(26)22-14-17-9-11-18(12-10-17)31(27,28)24(6)16(3)4/h9-13,15-16H,7-8,14H2,1-6H3,(H,22,26). The number of nitrogens with one attached hydrogen (secondary N) is 1. The van der Waals surface area contributed by atoms with Crippen LogP contribution in [-0.2, 0) is 33.6 Å². The van der Waals surface area contributed by atoms with Crippen LogP contribution in [0.3, 0.4) is 0 Å². The average molecular weight is 485 g/mol. The van der Waals surface area contributed by atoms with Crippen molar-refractivity contribution in [3.63, 3.8) is 0 Å². The van der Waals surface area contributed by atoms with E-state index in [9.17, 15) is 21.6 Å². The maximum absolute atomic E-state index is 12.7. The Morgan fingerprint density at radius 2 is 1.56 bits per heavy atom. The third kappa shape index (κ3) is 5.40.